The number of fused-ring (bicyclic) bond motifs is 2. The molecule has 0 aliphatic heterocycles. The summed E-state index contributed by atoms with van der Waals surface area (Å²) >= 11 is 0. The van der Waals surface area contributed by atoms with E-state index in [0.29, 0.717) is 16.5 Å². The molecule has 0 saturated carbocycles. The van der Waals surface area contributed by atoms with Gasteiger partial charge in [0.15, 0.2) is 0 Å². The van der Waals surface area contributed by atoms with Gasteiger partial charge >= 0.3 is 18.9 Å². The van der Waals surface area contributed by atoms with Gasteiger partial charge in [0, 0.05) is 5.39 Å². The van der Waals surface area contributed by atoms with Crippen molar-refractivity contribution in [1.29, 1.82) is 0 Å². The molecule has 0 spiro atoms. The monoisotopic (exact) mass is 304 g/mol. The van der Waals surface area contributed by atoms with Crippen molar-refractivity contribution in [2.24, 2.45) is 0 Å². The molecule has 3 aromatic carbocycles. The Morgan fingerprint density at radius 2 is 1.59 bits per heavy atom. The van der Waals surface area contributed by atoms with E-state index in [-0.39, 0.29) is 23.8 Å². The maximum absolute atomic E-state index is 11.7. The standard InChI is InChI=1S/C17H14O3S.Li/c1-11(2)15-8-7-14-9-12-5-3-4-6-13(12)10-16(14)17(15)21(18,19)20;/h3-10H,1H2,2H3,(H,18,19,20);/q;+1/p-1. The predicted octanol–water partition coefficient (Wildman–Crippen LogP) is 0.934. The van der Waals surface area contributed by atoms with Crippen molar-refractivity contribution in [3.8, 4) is 0 Å². The first-order chi connectivity index (χ1) is 9.88. The summed E-state index contributed by atoms with van der Waals surface area (Å²) < 4.78 is 35.1. The van der Waals surface area contributed by atoms with Crippen LogP contribution in [0, 0.1) is 0 Å². The van der Waals surface area contributed by atoms with Crippen molar-refractivity contribution >= 4 is 37.2 Å². The van der Waals surface area contributed by atoms with Gasteiger partial charge in [-0.1, -0.05) is 43.0 Å². The third-order valence-corrected chi connectivity index (χ3v) is 4.49. The Hall–Kier alpha value is -1.57. The van der Waals surface area contributed by atoms with Gasteiger partial charge in [0.25, 0.3) is 0 Å². The van der Waals surface area contributed by atoms with Crippen molar-refractivity contribution in [1.82, 2.24) is 0 Å². The van der Waals surface area contributed by atoms with Gasteiger partial charge in [-0.3, -0.25) is 0 Å². The van der Waals surface area contributed by atoms with E-state index in [2.05, 4.69) is 6.58 Å². The zero-order chi connectivity index (χ0) is 15.2. The molecule has 0 N–H and O–H groups in total. The molecule has 0 amide bonds. The minimum atomic E-state index is -4.58. The summed E-state index contributed by atoms with van der Waals surface area (Å²) in [5.74, 6) is 0. The first-order valence-electron chi connectivity index (χ1n) is 6.45. The van der Waals surface area contributed by atoms with E-state index in [1.807, 2.05) is 36.4 Å². The molecule has 0 aliphatic rings. The maximum Gasteiger partial charge on any atom is 1.00 e. The van der Waals surface area contributed by atoms with Gasteiger partial charge in [0.1, 0.15) is 10.1 Å². The van der Waals surface area contributed by atoms with Crippen molar-refractivity contribution in [3.05, 3.63) is 60.7 Å². The van der Waals surface area contributed by atoms with Crippen LogP contribution in [0.2, 0.25) is 0 Å². The summed E-state index contributed by atoms with van der Waals surface area (Å²) in [5.41, 5.74) is 0.937. The Balaban J connectivity index is 0.00000176. The largest absolute Gasteiger partial charge is 1.00 e. The Morgan fingerprint density at radius 3 is 2.14 bits per heavy atom. The van der Waals surface area contributed by atoms with Crippen LogP contribution < -0.4 is 18.9 Å². The van der Waals surface area contributed by atoms with Crippen LogP contribution in [0.15, 0.2) is 60.0 Å². The maximum atomic E-state index is 11.7. The molecule has 0 bridgehead atoms. The molecule has 0 unspecified atom stereocenters. The molecule has 0 atom stereocenters. The molecule has 0 saturated heterocycles. The molecule has 0 aromatic heterocycles. The van der Waals surface area contributed by atoms with Gasteiger partial charge in [-0.05, 0) is 46.4 Å². The fraction of sp³-hybridized carbons (Fsp3) is 0.0588. The number of benzene rings is 3. The molecule has 22 heavy (non-hydrogen) atoms. The van der Waals surface area contributed by atoms with Crippen LogP contribution in [0.5, 0.6) is 0 Å². The predicted molar refractivity (Wildman–Crippen MR) is 84.1 cm³/mol. The van der Waals surface area contributed by atoms with E-state index in [4.69, 9.17) is 0 Å². The van der Waals surface area contributed by atoms with E-state index in [1.54, 1.807) is 19.1 Å². The molecular weight excluding hydrogens is 291 g/mol. The van der Waals surface area contributed by atoms with Gasteiger partial charge in [-0.15, -0.1) is 0 Å². The Morgan fingerprint density at radius 1 is 1.00 bits per heavy atom. The summed E-state index contributed by atoms with van der Waals surface area (Å²) in [6.45, 7) is 5.46. The second-order valence-electron chi connectivity index (χ2n) is 5.10. The average molecular weight is 304 g/mol. The minimum absolute atomic E-state index is 0. The van der Waals surface area contributed by atoms with Crippen LogP contribution in [0.3, 0.4) is 0 Å². The van der Waals surface area contributed by atoms with Crippen LogP contribution in [-0.4, -0.2) is 13.0 Å². The van der Waals surface area contributed by atoms with Crippen molar-refractivity contribution in [2.75, 3.05) is 0 Å². The summed E-state index contributed by atoms with van der Waals surface area (Å²) in [6, 6.07) is 14.7. The fourth-order valence-corrected chi connectivity index (χ4v) is 3.55. The first-order valence-corrected chi connectivity index (χ1v) is 7.86. The van der Waals surface area contributed by atoms with Crippen LogP contribution in [0.4, 0.5) is 0 Å². The molecule has 106 valence electrons. The zero-order valence-corrected chi connectivity index (χ0v) is 13.3. The smallest absolute Gasteiger partial charge is 0.744 e. The SMILES string of the molecule is C=C(C)c1ccc2cc3ccccc3cc2c1S(=O)(=O)[O-].[Li+]. The van der Waals surface area contributed by atoms with Gasteiger partial charge < -0.3 is 4.55 Å². The topological polar surface area (TPSA) is 57.2 Å². The summed E-state index contributed by atoms with van der Waals surface area (Å²) in [7, 11) is -4.58. The minimum Gasteiger partial charge on any atom is -0.744 e. The van der Waals surface area contributed by atoms with Crippen LogP contribution in [-0.2, 0) is 10.1 Å². The van der Waals surface area contributed by atoms with Crippen LogP contribution >= 0.6 is 0 Å². The fourth-order valence-electron chi connectivity index (χ4n) is 2.59. The van der Waals surface area contributed by atoms with Crippen LogP contribution in [0.1, 0.15) is 12.5 Å². The summed E-state index contributed by atoms with van der Waals surface area (Å²) in [5, 5.41) is 3.08. The second-order valence-corrected chi connectivity index (χ2v) is 6.41. The van der Waals surface area contributed by atoms with Crippen molar-refractivity contribution < 1.29 is 31.8 Å². The summed E-state index contributed by atoms with van der Waals surface area (Å²) in [4.78, 5) is -0.182. The average Bonchev–Trinajstić information content (AvgIpc) is 2.42. The van der Waals surface area contributed by atoms with E-state index in [9.17, 15) is 13.0 Å². The number of allylic oxidation sites excluding steroid dienone is 1. The molecule has 5 heteroatoms. The van der Waals surface area contributed by atoms with Gasteiger partial charge in [-0.2, -0.15) is 0 Å². The summed E-state index contributed by atoms with van der Waals surface area (Å²) in [6.07, 6.45) is 0. The first kappa shape index (κ1) is 16.8. The quantitative estimate of drug-likeness (QED) is 0.402. The van der Waals surface area contributed by atoms with E-state index in [1.165, 1.54) is 0 Å². The van der Waals surface area contributed by atoms with Gasteiger partial charge in [-0.25, -0.2) is 8.42 Å². The number of hydrogen-bond donors (Lipinski definition) is 0. The third kappa shape index (κ3) is 2.84. The van der Waals surface area contributed by atoms with Gasteiger partial charge in [0.2, 0.25) is 0 Å². The molecule has 3 aromatic rings. The van der Waals surface area contributed by atoms with Crippen LogP contribution in [0.25, 0.3) is 27.1 Å². The number of hydrogen-bond acceptors (Lipinski definition) is 3. The Kier molecular flexibility index (Phi) is 4.51. The van der Waals surface area contributed by atoms with Gasteiger partial charge in [0.05, 0.1) is 4.90 Å². The molecule has 0 aliphatic carbocycles. The molecule has 0 heterocycles. The van der Waals surface area contributed by atoms with E-state index >= 15 is 0 Å². The molecular formula is C17H13LiO3S. The molecule has 0 radical (unpaired) electrons. The Bertz CT molecular complexity index is 991. The van der Waals surface area contributed by atoms with E-state index < -0.39 is 10.1 Å². The normalized spacial score (nSPS) is 11.4. The molecule has 0 fully saturated rings. The second kappa shape index (κ2) is 5.90. The number of rotatable bonds is 2. The molecule has 3 nitrogen and oxygen atoms in total. The molecule has 3 rings (SSSR count). The Labute approximate surface area is 141 Å². The third-order valence-electron chi connectivity index (χ3n) is 3.55. The zero-order valence-electron chi connectivity index (χ0n) is 12.5. The van der Waals surface area contributed by atoms with E-state index in [0.717, 1.165) is 16.2 Å². The van der Waals surface area contributed by atoms with Crippen molar-refractivity contribution in [2.45, 2.75) is 11.8 Å². The van der Waals surface area contributed by atoms with Crippen molar-refractivity contribution in [3.63, 3.8) is 0 Å².